The number of amides is 1. The molecule has 2 heterocycles. The second-order valence-electron chi connectivity index (χ2n) is 8.08. The number of fused-ring (bicyclic) bond motifs is 2. The second-order valence-corrected chi connectivity index (χ2v) is 8.08. The van der Waals surface area contributed by atoms with E-state index < -0.39 is 0 Å². The number of piperidine rings is 1. The maximum Gasteiger partial charge on any atom is 0.253 e. The van der Waals surface area contributed by atoms with Crippen LogP contribution >= 0.6 is 0 Å². The maximum atomic E-state index is 13.0. The van der Waals surface area contributed by atoms with E-state index in [2.05, 4.69) is 5.32 Å². The molecule has 0 spiro atoms. The first-order chi connectivity index (χ1) is 12.2. The topological polar surface area (TPSA) is 41.6 Å². The van der Waals surface area contributed by atoms with Gasteiger partial charge in [-0.2, -0.15) is 0 Å². The van der Waals surface area contributed by atoms with Gasteiger partial charge in [0.15, 0.2) is 0 Å². The van der Waals surface area contributed by atoms with Gasteiger partial charge in [-0.05, 0) is 69.6 Å². The van der Waals surface area contributed by atoms with E-state index in [-0.39, 0.29) is 5.91 Å². The summed E-state index contributed by atoms with van der Waals surface area (Å²) in [7, 11) is 1.96. The van der Waals surface area contributed by atoms with Crippen molar-refractivity contribution in [2.24, 2.45) is 0 Å². The molecular formula is C21H30N2O2. The van der Waals surface area contributed by atoms with E-state index in [0.717, 1.165) is 37.0 Å². The molecule has 2 aliphatic heterocycles. The number of nitrogens with one attached hydrogen (secondary N) is 1. The van der Waals surface area contributed by atoms with Gasteiger partial charge < -0.3 is 15.0 Å². The Morgan fingerprint density at radius 2 is 1.80 bits per heavy atom. The van der Waals surface area contributed by atoms with E-state index in [1.54, 1.807) is 0 Å². The molecule has 4 nitrogen and oxygen atoms in total. The smallest absolute Gasteiger partial charge is 0.253 e. The lowest BCUT2D eigenvalue weighted by atomic mass is 9.97. The summed E-state index contributed by atoms with van der Waals surface area (Å²) >= 11 is 0. The molecule has 1 saturated carbocycles. The van der Waals surface area contributed by atoms with Crippen LogP contribution in [0.4, 0.5) is 0 Å². The summed E-state index contributed by atoms with van der Waals surface area (Å²) in [5.41, 5.74) is 0.752. The first-order valence-corrected chi connectivity index (χ1v) is 9.99. The Labute approximate surface area is 150 Å². The van der Waals surface area contributed by atoms with Crippen LogP contribution < -0.4 is 10.1 Å². The van der Waals surface area contributed by atoms with Gasteiger partial charge in [0.2, 0.25) is 0 Å². The average molecular weight is 342 g/mol. The Hall–Kier alpha value is -1.55. The molecule has 1 amide bonds. The Kier molecular flexibility index (Phi) is 4.98. The van der Waals surface area contributed by atoms with Crippen molar-refractivity contribution in [3.63, 3.8) is 0 Å². The standard InChI is InChI=1S/C21H30N2O2/c1-23(18-13-16-10-11-17(14-18)22-16)21(24)15-6-5-9-20(12-15)25-19-7-3-2-4-8-19/h5-6,9,12,16-19,22H,2-4,7-8,10-11,13-14H2,1H3. The molecular weight excluding hydrogens is 312 g/mol. The highest BCUT2D eigenvalue weighted by molar-refractivity contribution is 5.94. The molecule has 1 aliphatic carbocycles. The lowest BCUT2D eigenvalue weighted by Gasteiger charge is -2.35. The van der Waals surface area contributed by atoms with E-state index in [4.69, 9.17) is 4.74 Å². The fourth-order valence-electron chi connectivity index (χ4n) is 4.79. The molecule has 3 fully saturated rings. The highest BCUT2D eigenvalue weighted by Gasteiger charge is 2.36. The van der Waals surface area contributed by atoms with Crippen molar-refractivity contribution < 1.29 is 9.53 Å². The third-order valence-corrected chi connectivity index (χ3v) is 6.25. The van der Waals surface area contributed by atoms with Crippen molar-refractivity contribution in [2.75, 3.05) is 7.05 Å². The summed E-state index contributed by atoms with van der Waals surface area (Å²) in [5.74, 6) is 0.969. The molecule has 1 N–H and O–H groups in total. The molecule has 0 radical (unpaired) electrons. The number of carbonyl (C=O) groups excluding carboxylic acids is 1. The third kappa shape index (κ3) is 3.84. The van der Waals surface area contributed by atoms with Crippen LogP contribution in [0, 0.1) is 0 Å². The molecule has 0 aromatic heterocycles. The number of ether oxygens (including phenoxy) is 1. The van der Waals surface area contributed by atoms with Crippen molar-refractivity contribution >= 4 is 5.91 Å². The Morgan fingerprint density at radius 1 is 1.08 bits per heavy atom. The Morgan fingerprint density at radius 3 is 2.52 bits per heavy atom. The fraction of sp³-hybridized carbons (Fsp3) is 0.667. The van der Waals surface area contributed by atoms with Crippen LogP contribution in [0.25, 0.3) is 0 Å². The molecule has 2 atom stereocenters. The van der Waals surface area contributed by atoms with Crippen LogP contribution in [0.3, 0.4) is 0 Å². The van der Waals surface area contributed by atoms with Crippen LogP contribution in [-0.2, 0) is 0 Å². The minimum atomic E-state index is 0.125. The van der Waals surface area contributed by atoms with E-state index in [9.17, 15) is 4.79 Å². The van der Waals surface area contributed by atoms with Gasteiger partial charge in [0.05, 0.1) is 6.10 Å². The monoisotopic (exact) mass is 342 g/mol. The van der Waals surface area contributed by atoms with E-state index >= 15 is 0 Å². The molecule has 2 saturated heterocycles. The summed E-state index contributed by atoms with van der Waals surface area (Å²) < 4.78 is 6.13. The van der Waals surface area contributed by atoms with E-state index in [1.165, 1.54) is 32.1 Å². The van der Waals surface area contributed by atoms with Gasteiger partial charge in [-0.1, -0.05) is 12.5 Å². The third-order valence-electron chi connectivity index (χ3n) is 6.25. The maximum absolute atomic E-state index is 13.0. The molecule has 1 aromatic carbocycles. The van der Waals surface area contributed by atoms with Crippen molar-refractivity contribution in [1.82, 2.24) is 10.2 Å². The summed E-state index contributed by atoms with van der Waals surface area (Å²) in [6, 6.07) is 9.33. The van der Waals surface area contributed by atoms with Gasteiger partial charge in [-0.15, -0.1) is 0 Å². The van der Waals surface area contributed by atoms with E-state index in [0.29, 0.717) is 24.2 Å². The molecule has 4 heteroatoms. The van der Waals surface area contributed by atoms with Crippen LogP contribution in [-0.4, -0.2) is 42.1 Å². The lowest BCUT2D eigenvalue weighted by Crippen LogP contribution is -2.48. The van der Waals surface area contributed by atoms with Gasteiger partial charge in [0.1, 0.15) is 5.75 Å². The van der Waals surface area contributed by atoms with Gasteiger partial charge in [0, 0.05) is 30.7 Å². The first-order valence-electron chi connectivity index (χ1n) is 9.99. The number of benzene rings is 1. The van der Waals surface area contributed by atoms with Gasteiger partial charge >= 0.3 is 0 Å². The zero-order valence-corrected chi connectivity index (χ0v) is 15.2. The first kappa shape index (κ1) is 16.9. The highest BCUT2D eigenvalue weighted by Crippen LogP contribution is 2.30. The predicted molar refractivity (Wildman–Crippen MR) is 99.0 cm³/mol. The summed E-state index contributed by atoms with van der Waals surface area (Å²) in [4.78, 5) is 14.9. The molecule has 25 heavy (non-hydrogen) atoms. The Balaban J connectivity index is 1.41. The largest absolute Gasteiger partial charge is 0.490 e. The minimum absolute atomic E-state index is 0.125. The molecule has 136 valence electrons. The number of hydrogen-bond acceptors (Lipinski definition) is 3. The Bertz CT molecular complexity index is 600. The SMILES string of the molecule is CN(C(=O)c1cccc(OC2CCCCC2)c1)C1CC2CCC(C1)N2. The van der Waals surface area contributed by atoms with Crippen LogP contribution in [0.2, 0.25) is 0 Å². The van der Waals surface area contributed by atoms with Gasteiger partial charge in [0.25, 0.3) is 5.91 Å². The average Bonchev–Trinajstić information content (AvgIpc) is 2.99. The molecule has 1 aromatic rings. The number of rotatable bonds is 4. The van der Waals surface area contributed by atoms with Crippen molar-refractivity contribution in [2.45, 2.75) is 82.0 Å². The predicted octanol–water partition coefficient (Wildman–Crippen LogP) is 3.75. The quantitative estimate of drug-likeness (QED) is 0.906. The van der Waals surface area contributed by atoms with Gasteiger partial charge in [-0.25, -0.2) is 0 Å². The van der Waals surface area contributed by atoms with E-state index in [1.807, 2.05) is 36.2 Å². The summed E-state index contributed by atoms with van der Waals surface area (Å²) in [5, 5.41) is 3.65. The summed E-state index contributed by atoms with van der Waals surface area (Å²) in [6.07, 6.45) is 11.1. The highest BCUT2D eigenvalue weighted by atomic mass is 16.5. The molecule has 4 rings (SSSR count). The van der Waals surface area contributed by atoms with Crippen LogP contribution in [0.5, 0.6) is 5.75 Å². The van der Waals surface area contributed by atoms with Crippen molar-refractivity contribution in [3.05, 3.63) is 29.8 Å². The summed E-state index contributed by atoms with van der Waals surface area (Å²) in [6.45, 7) is 0. The number of hydrogen-bond donors (Lipinski definition) is 1. The zero-order valence-electron chi connectivity index (χ0n) is 15.2. The molecule has 2 bridgehead atoms. The normalized spacial score (nSPS) is 29.4. The number of nitrogens with zero attached hydrogens (tertiary/aromatic N) is 1. The molecule has 2 unspecified atom stereocenters. The zero-order chi connectivity index (χ0) is 17.2. The minimum Gasteiger partial charge on any atom is -0.490 e. The van der Waals surface area contributed by atoms with Gasteiger partial charge in [-0.3, -0.25) is 4.79 Å². The second kappa shape index (κ2) is 7.36. The van der Waals surface area contributed by atoms with Crippen molar-refractivity contribution in [3.8, 4) is 5.75 Å². The van der Waals surface area contributed by atoms with Crippen molar-refractivity contribution in [1.29, 1.82) is 0 Å². The van der Waals surface area contributed by atoms with Crippen LogP contribution in [0.15, 0.2) is 24.3 Å². The lowest BCUT2D eigenvalue weighted by molar-refractivity contribution is 0.0680. The molecule has 3 aliphatic rings. The van der Waals surface area contributed by atoms with Crippen LogP contribution in [0.1, 0.15) is 68.1 Å². The number of carbonyl (C=O) groups is 1. The fourth-order valence-corrected chi connectivity index (χ4v) is 4.79.